The third kappa shape index (κ3) is 5.88. The number of benzene rings is 3. The first-order valence-electron chi connectivity index (χ1n) is 9.50. The normalized spacial score (nSPS) is 10.6. The fourth-order valence-corrected chi connectivity index (χ4v) is 2.80. The van der Waals surface area contributed by atoms with E-state index >= 15 is 0 Å². The summed E-state index contributed by atoms with van der Waals surface area (Å²) in [5, 5.41) is 25.6. The smallest absolute Gasteiger partial charge is 0.275 e. The van der Waals surface area contributed by atoms with E-state index in [2.05, 4.69) is 10.5 Å². The number of ether oxygens (including phenoxy) is 2. The van der Waals surface area contributed by atoms with Crippen molar-refractivity contribution in [2.24, 2.45) is 5.10 Å². The van der Waals surface area contributed by atoms with Gasteiger partial charge in [-0.2, -0.15) is 5.10 Å². The first-order chi connectivity index (χ1) is 15.9. The highest BCUT2D eigenvalue weighted by Gasteiger charge is 2.17. The van der Waals surface area contributed by atoms with Gasteiger partial charge in [-0.3, -0.25) is 25.0 Å². The van der Waals surface area contributed by atoms with Crippen LogP contribution in [0.1, 0.15) is 21.5 Å². The number of para-hydroxylation sites is 1. The Labute approximate surface area is 187 Å². The molecule has 0 aliphatic carbocycles. The molecule has 0 aliphatic heterocycles. The predicted octanol–water partition coefficient (Wildman–Crippen LogP) is 3.85. The topological polar surface area (TPSA) is 146 Å². The average molecular weight is 450 g/mol. The molecule has 0 atom stereocenters. The second kappa shape index (κ2) is 10.5. The van der Waals surface area contributed by atoms with E-state index in [0.29, 0.717) is 11.3 Å². The lowest BCUT2D eigenvalue weighted by Crippen LogP contribution is -2.18. The molecule has 0 aliphatic rings. The molecule has 0 unspecified atom stereocenters. The second-order valence-electron chi connectivity index (χ2n) is 6.59. The zero-order valence-corrected chi connectivity index (χ0v) is 17.3. The monoisotopic (exact) mass is 450 g/mol. The summed E-state index contributed by atoms with van der Waals surface area (Å²) in [5.41, 5.74) is 3.31. The number of nitro groups is 2. The number of rotatable bonds is 9. The van der Waals surface area contributed by atoms with Gasteiger partial charge >= 0.3 is 0 Å². The highest BCUT2D eigenvalue weighted by molar-refractivity contribution is 5.98. The Kier molecular flexibility index (Phi) is 7.27. The molecule has 1 amide bonds. The maximum Gasteiger partial charge on any atom is 0.275 e. The van der Waals surface area contributed by atoms with E-state index in [9.17, 15) is 25.0 Å². The first kappa shape index (κ1) is 22.9. The molecule has 0 spiro atoms. The van der Waals surface area contributed by atoms with Gasteiger partial charge in [0.25, 0.3) is 17.3 Å². The standard InChI is InChI=1S/C22H18N4O7/c1-32-21-11-10-18(26(30)31)12-19(21)22(27)24-23-13-16-4-2-3-5-20(16)33-14-15-6-8-17(9-7-15)25(28)29/h2-13H,14H2,1H3,(H,24,27)/b23-13-. The van der Waals surface area contributed by atoms with Gasteiger partial charge in [0.1, 0.15) is 18.1 Å². The molecular weight excluding hydrogens is 432 g/mol. The van der Waals surface area contributed by atoms with Crippen LogP contribution in [-0.2, 0) is 6.61 Å². The largest absolute Gasteiger partial charge is 0.496 e. The molecule has 0 saturated heterocycles. The summed E-state index contributed by atoms with van der Waals surface area (Å²) in [7, 11) is 1.35. The highest BCUT2D eigenvalue weighted by Crippen LogP contribution is 2.24. The fraction of sp³-hybridized carbons (Fsp3) is 0.0909. The molecule has 3 rings (SSSR count). The van der Waals surface area contributed by atoms with Crippen molar-refractivity contribution < 1.29 is 24.1 Å². The number of nitrogens with zero attached hydrogens (tertiary/aromatic N) is 3. The van der Waals surface area contributed by atoms with Gasteiger partial charge in [-0.1, -0.05) is 12.1 Å². The lowest BCUT2D eigenvalue weighted by molar-refractivity contribution is -0.385. The Balaban J connectivity index is 1.69. The minimum absolute atomic E-state index is 0.0117. The van der Waals surface area contributed by atoms with Crippen LogP contribution in [0.25, 0.3) is 0 Å². The second-order valence-corrected chi connectivity index (χ2v) is 6.59. The number of nitro benzene ring substituents is 2. The zero-order chi connectivity index (χ0) is 23.8. The molecule has 0 fully saturated rings. The highest BCUT2D eigenvalue weighted by atomic mass is 16.6. The summed E-state index contributed by atoms with van der Waals surface area (Å²) in [6, 6.07) is 16.6. The van der Waals surface area contributed by atoms with E-state index in [1.807, 2.05) is 0 Å². The van der Waals surface area contributed by atoms with Crippen LogP contribution in [0.5, 0.6) is 11.5 Å². The van der Waals surface area contributed by atoms with Crippen molar-refractivity contribution in [3.63, 3.8) is 0 Å². The fourth-order valence-electron chi connectivity index (χ4n) is 2.80. The number of methoxy groups -OCH3 is 1. The van der Waals surface area contributed by atoms with Gasteiger partial charge in [0, 0.05) is 29.8 Å². The van der Waals surface area contributed by atoms with Crippen LogP contribution in [-0.4, -0.2) is 29.1 Å². The molecule has 33 heavy (non-hydrogen) atoms. The first-order valence-corrected chi connectivity index (χ1v) is 9.50. The predicted molar refractivity (Wildman–Crippen MR) is 119 cm³/mol. The molecule has 0 saturated carbocycles. The molecule has 0 radical (unpaired) electrons. The zero-order valence-electron chi connectivity index (χ0n) is 17.3. The summed E-state index contributed by atoms with van der Waals surface area (Å²) in [6.07, 6.45) is 1.37. The van der Waals surface area contributed by atoms with Crippen molar-refractivity contribution in [1.82, 2.24) is 5.43 Å². The molecule has 168 valence electrons. The van der Waals surface area contributed by atoms with Crippen LogP contribution in [0.15, 0.2) is 71.8 Å². The molecule has 0 bridgehead atoms. The van der Waals surface area contributed by atoms with Crippen molar-refractivity contribution in [2.45, 2.75) is 6.61 Å². The number of amides is 1. The third-order valence-electron chi connectivity index (χ3n) is 4.47. The van der Waals surface area contributed by atoms with E-state index < -0.39 is 15.8 Å². The van der Waals surface area contributed by atoms with Crippen LogP contribution in [0.3, 0.4) is 0 Å². The molecule has 3 aromatic carbocycles. The minimum Gasteiger partial charge on any atom is -0.496 e. The van der Waals surface area contributed by atoms with Gasteiger partial charge < -0.3 is 9.47 Å². The van der Waals surface area contributed by atoms with Crippen LogP contribution in [0, 0.1) is 20.2 Å². The van der Waals surface area contributed by atoms with E-state index in [-0.39, 0.29) is 29.3 Å². The van der Waals surface area contributed by atoms with Crippen molar-refractivity contribution in [1.29, 1.82) is 0 Å². The maximum absolute atomic E-state index is 12.5. The molecule has 0 aromatic heterocycles. The number of carbonyl (C=O) groups is 1. The maximum atomic E-state index is 12.5. The van der Waals surface area contributed by atoms with Gasteiger partial charge in [-0.05, 0) is 35.9 Å². The average Bonchev–Trinajstić information content (AvgIpc) is 2.83. The van der Waals surface area contributed by atoms with E-state index in [4.69, 9.17) is 9.47 Å². The molecule has 0 heterocycles. The van der Waals surface area contributed by atoms with Crippen molar-refractivity contribution in [3.05, 3.63) is 104 Å². The number of hydrogen-bond acceptors (Lipinski definition) is 8. The number of hydrogen-bond donors (Lipinski definition) is 1. The van der Waals surface area contributed by atoms with Crippen LogP contribution < -0.4 is 14.9 Å². The van der Waals surface area contributed by atoms with Crippen LogP contribution >= 0.6 is 0 Å². The molecule has 11 nitrogen and oxygen atoms in total. The Hall–Kier alpha value is -4.80. The summed E-state index contributed by atoms with van der Waals surface area (Å²) in [4.78, 5) is 33.1. The van der Waals surface area contributed by atoms with Crippen molar-refractivity contribution in [3.8, 4) is 11.5 Å². The number of non-ortho nitro benzene ring substituents is 2. The van der Waals surface area contributed by atoms with E-state index in [0.717, 1.165) is 11.6 Å². The summed E-state index contributed by atoms with van der Waals surface area (Å²) < 4.78 is 10.9. The van der Waals surface area contributed by atoms with E-state index in [1.54, 1.807) is 36.4 Å². The van der Waals surface area contributed by atoms with Gasteiger partial charge in [0.15, 0.2) is 0 Å². The third-order valence-corrected chi connectivity index (χ3v) is 4.47. The number of hydrazone groups is 1. The molecular formula is C22H18N4O7. The summed E-state index contributed by atoms with van der Waals surface area (Å²) >= 11 is 0. The Morgan fingerprint density at radius 3 is 2.30 bits per heavy atom. The van der Waals surface area contributed by atoms with Crippen LogP contribution in [0.2, 0.25) is 0 Å². The summed E-state index contributed by atoms with van der Waals surface area (Å²) in [6.45, 7) is 0.167. The quantitative estimate of drug-likeness (QED) is 0.296. The summed E-state index contributed by atoms with van der Waals surface area (Å²) in [5.74, 6) is -0.0435. The van der Waals surface area contributed by atoms with Crippen molar-refractivity contribution >= 4 is 23.5 Å². The SMILES string of the molecule is COc1ccc([N+](=O)[O-])cc1C(=O)N/N=C\c1ccccc1OCc1ccc([N+](=O)[O-])cc1. The molecule has 11 heteroatoms. The molecule has 3 aromatic rings. The lowest BCUT2D eigenvalue weighted by Gasteiger charge is -2.09. The van der Waals surface area contributed by atoms with Gasteiger partial charge in [0.05, 0.1) is 28.7 Å². The molecule has 1 N–H and O–H groups in total. The van der Waals surface area contributed by atoms with E-state index in [1.165, 1.54) is 37.6 Å². The Morgan fingerprint density at radius 1 is 0.970 bits per heavy atom. The number of nitrogens with one attached hydrogen (secondary N) is 1. The van der Waals surface area contributed by atoms with Gasteiger partial charge in [-0.25, -0.2) is 5.43 Å². The lowest BCUT2D eigenvalue weighted by atomic mass is 10.1. The van der Waals surface area contributed by atoms with Crippen LogP contribution in [0.4, 0.5) is 11.4 Å². The van der Waals surface area contributed by atoms with Gasteiger partial charge in [-0.15, -0.1) is 0 Å². The number of carbonyl (C=O) groups excluding carboxylic acids is 1. The Morgan fingerprint density at radius 2 is 1.64 bits per heavy atom. The van der Waals surface area contributed by atoms with Crippen molar-refractivity contribution in [2.75, 3.05) is 7.11 Å². The Bertz CT molecular complexity index is 1210. The minimum atomic E-state index is -0.684. The van der Waals surface area contributed by atoms with Gasteiger partial charge in [0.2, 0.25) is 0 Å².